The third kappa shape index (κ3) is 3.42. The van der Waals surface area contributed by atoms with E-state index in [0.717, 1.165) is 0 Å². The van der Waals surface area contributed by atoms with Crippen LogP contribution in [0.15, 0.2) is 30.3 Å². The summed E-state index contributed by atoms with van der Waals surface area (Å²) in [5.74, 6) is 1.15. The van der Waals surface area contributed by atoms with E-state index in [1.165, 1.54) is 6.07 Å². The highest BCUT2D eigenvalue weighted by Gasteiger charge is 2.12. The van der Waals surface area contributed by atoms with Gasteiger partial charge in [0.05, 0.1) is 20.9 Å². The Balaban J connectivity index is 2.42. The lowest BCUT2D eigenvalue weighted by molar-refractivity contribution is 0.478. The summed E-state index contributed by atoms with van der Waals surface area (Å²) in [5.41, 5.74) is 0.688. The van der Waals surface area contributed by atoms with Crippen LogP contribution in [-0.4, -0.2) is 0 Å². The number of benzene rings is 2. The molecule has 0 saturated heterocycles. The van der Waals surface area contributed by atoms with Gasteiger partial charge < -0.3 is 4.74 Å². The van der Waals surface area contributed by atoms with Gasteiger partial charge in [0.25, 0.3) is 0 Å². The average Bonchev–Trinajstić information content (AvgIpc) is 2.36. The van der Waals surface area contributed by atoms with E-state index in [1.807, 2.05) is 0 Å². The Morgan fingerprint density at radius 2 is 1.47 bits per heavy atom. The van der Waals surface area contributed by atoms with Crippen molar-refractivity contribution in [3.05, 3.63) is 56.0 Å². The van der Waals surface area contributed by atoms with E-state index in [9.17, 15) is 0 Å². The predicted molar refractivity (Wildman–Crippen MR) is 82.6 cm³/mol. The van der Waals surface area contributed by atoms with Crippen LogP contribution in [0.25, 0.3) is 0 Å². The number of hydrogen-bond donors (Lipinski definition) is 0. The van der Waals surface area contributed by atoms with Crippen LogP contribution in [-0.2, 0) is 5.88 Å². The summed E-state index contributed by atoms with van der Waals surface area (Å²) in [6.07, 6.45) is 0. The number of ether oxygens (including phenoxy) is 1. The van der Waals surface area contributed by atoms with E-state index >= 15 is 0 Å². The van der Waals surface area contributed by atoms with Gasteiger partial charge in [-0.25, -0.2) is 0 Å². The van der Waals surface area contributed by atoms with Gasteiger partial charge in [-0.1, -0.05) is 52.5 Å². The topological polar surface area (TPSA) is 9.23 Å². The Labute approximate surface area is 135 Å². The Morgan fingerprint density at radius 1 is 0.789 bits per heavy atom. The predicted octanol–water partition coefficient (Wildman–Crippen LogP) is 6.83. The first kappa shape index (κ1) is 15.1. The fraction of sp³-hybridized carbons (Fsp3) is 0.0769. The van der Waals surface area contributed by atoms with Crippen LogP contribution < -0.4 is 4.74 Å². The quantitative estimate of drug-likeness (QED) is 0.432. The molecule has 0 bridgehead atoms. The van der Waals surface area contributed by atoms with E-state index in [2.05, 4.69) is 0 Å². The van der Waals surface area contributed by atoms with E-state index in [1.54, 1.807) is 24.3 Å². The Kier molecular flexibility index (Phi) is 5.10. The van der Waals surface area contributed by atoms with Crippen LogP contribution >= 0.6 is 58.0 Å². The van der Waals surface area contributed by atoms with Gasteiger partial charge in [0.1, 0.15) is 11.5 Å². The van der Waals surface area contributed by atoms with Gasteiger partial charge >= 0.3 is 0 Å². The maximum absolute atomic E-state index is 6.05. The molecule has 0 radical (unpaired) electrons. The van der Waals surface area contributed by atoms with Gasteiger partial charge in [-0.05, 0) is 18.2 Å². The van der Waals surface area contributed by atoms with Crippen molar-refractivity contribution in [3.8, 4) is 11.5 Å². The summed E-state index contributed by atoms with van der Waals surface area (Å²) in [6, 6.07) is 8.32. The monoisotopic (exact) mass is 354 g/mol. The van der Waals surface area contributed by atoms with Crippen LogP contribution in [0.5, 0.6) is 11.5 Å². The molecule has 0 aliphatic rings. The number of hydrogen-bond acceptors (Lipinski definition) is 1. The van der Waals surface area contributed by atoms with Crippen molar-refractivity contribution in [1.29, 1.82) is 0 Å². The van der Waals surface area contributed by atoms with Gasteiger partial charge in [-0.2, -0.15) is 0 Å². The lowest BCUT2D eigenvalue weighted by Crippen LogP contribution is -1.91. The SMILES string of the molecule is ClCc1c(Cl)cccc1Oc1cc(Cl)c(Cl)cc1Cl. The largest absolute Gasteiger partial charge is 0.455 e. The third-order valence-corrected chi connectivity index (χ3v) is 4.04. The Hall–Kier alpha value is -0.310. The van der Waals surface area contributed by atoms with Gasteiger partial charge in [-0.3, -0.25) is 0 Å². The van der Waals surface area contributed by atoms with Crippen molar-refractivity contribution in [3.63, 3.8) is 0 Å². The summed E-state index contributed by atoms with van der Waals surface area (Å²) in [4.78, 5) is 0. The second kappa shape index (κ2) is 6.43. The van der Waals surface area contributed by atoms with Crippen LogP contribution in [0.3, 0.4) is 0 Å². The van der Waals surface area contributed by atoms with Gasteiger partial charge in [0, 0.05) is 16.7 Å². The van der Waals surface area contributed by atoms with Gasteiger partial charge in [0.2, 0.25) is 0 Å². The summed E-state index contributed by atoms with van der Waals surface area (Å²) in [6.45, 7) is 0. The van der Waals surface area contributed by atoms with Crippen molar-refractivity contribution >= 4 is 58.0 Å². The molecule has 1 nitrogen and oxygen atoms in total. The van der Waals surface area contributed by atoms with Crippen molar-refractivity contribution in [2.45, 2.75) is 5.88 Å². The number of alkyl halides is 1. The minimum atomic E-state index is 0.230. The van der Waals surface area contributed by atoms with Crippen LogP contribution in [0.2, 0.25) is 20.1 Å². The van der Waals surface area contributed by atoms with Crippen molar-refractivity contribution in [2.75, 3.05) is 0 Å². The zero-order valence-corrected chi connectivity index (χ0v) is 13.2. The molecule has 0 N–H and O–H groups in total. The molecule has 100 valence electrons. The van der Waals surface area contributed by atoms with Gasteiger partial charge in [0.15, 0.2) is 0 Å². The number of rotatable bonds is 3. The van der Waals surface area contributed by atoms with E-state index in [-0.39, 0.29) is 5.88 Å². The third-order valence-electron chi connectivity index (χ3n) is 2.40. The standard InChI is InChI=1S/C13H7Cl5O/c14-6-7-8(15)2-1-3-12(7)19-13-5-10(17)9(16)4-11(13)18/h1-5H,6H2. The maximum Gasteiger partial charge on any atom is 0.147 e. The zero-order chi connectivity index (χ0) is 14.0. The molecule has 19 heavy (non-hydrogen) atoms. The molecule has 0 spiro atoms. The van der Waals surface area contributed by atoms with Crippen molar-refractivity contribution in [1.82, 2.24) is 0 Å². The Bertz CT molecular complexity index is 612. The molecule has 6 heteroatoms. The highest BCUT2D eigenvalue weighted by atomic mass is 35.5. The molecule has 0 saturated carbocycles. The van der Waals surface area contributed by atoms with Gasteiger partial charge in [-0.15, -0.1) is 11.6 Å². The molecule has 0 heterocycles. The lowest BCUT2D eigenvalue weighted by atomic mass is 10.2. The fourth-order valence-corrected chi connectivity index (χ4v) is 2.62. The highest BCUT2D eigenvalue weighted by molar-refractivity contribution is 6.43. The minimum absolute atomic E-state index is 0.230. The normalized spacial score (nSPS) is 10.6. The first-order valence-corrected chi connectivity index (χ1v) is 7.23. The van der Waals surface area contributed by atoms with Crippen molar-refractivity contribution in [2.24, 2.45) is 0 Å². The summed E-state index contributed by atoms with van der Waals surface area (Å²) in [5, 5.41) is 1.61. The molecule has 2 aromatic rings. The molecule has 0 atom stereocenters. The molecule has 0 aliphatic heterocycles. The molecule has 0 amide bonds. The second-order valence-corrected chi connectivity index (χ2v) is 5.55. The first-order chi connectivity index (χ1) is 9.02. The van der Waals surface area contributed by atoms with E-state index in [0.29, 0.717) is 37.2 Å². The molecule has 0 unspecified atom stereocenters. The summed E-state index contributed by atoms with van der Waals surface area (Å²) >= 11 is 29.7. The lowest BCUT2D eigenvalue weighted by Gasteiger charge is -2.12. The maximum atomic E-state index is 6.05. The number of halogens is 5. The molecule has 2 rings (SSSR count). The average molecular weight is 356 g/mol. The van der Waals surface area contributed by atoms with Crippen LogP contribution in [0.4, 0.5) is 0 Å². The molecule has 0 fully saturated rings. The Morgan fingerprint density at radius 3 is 2.16 bits per heavy atom. The summed E-state index contributed by atoms with van der Waals surface area (Å²) < 4.78 is 5.70. The first-order valence-electron chi connectivity index (χ1n) is 5.18. The molecular weight excluding hydrogens is 349 g/mol. The molecule has 2 aromatic carbocycles. The highest BCUT2D eigenvalue weighted by Crippen LogP contribution is 2.38. The summed E-state index contributed by atoms with van der Waals surface area (Å²) in [7, 11) is 0. The molecule has 0 aromatic heterocycles. The molecular formula is C13H7Cl5O. The molecule has 0 aliphatic carbocycles. The van der Waals surface area contributed by atoms with Crippen LogP contribution in [0.1, 0.15) is 5.56 Å². The van der Waals surface area contributed by atoms with Crippen LogP contribution in [0, 0.1) is 0 Å². The van der Waals surface area contributed by atoms with Crippen molar-refractivity contribution < 1.29 is 4.74 Å². The van der Waals surface area contributed by atoms with E-state index in [4.69, 9.17) is 62.7 Å². The zero-order valence-electron chi connectivity index (χ0n) is 9.39. The van der Waals surface area contributed by atoms with E-state index < -0.39 is 0 Å². The fourth-order valence-electron chi connectivity index (χ4n) is 1.47. The minimum Gasteiger partial charge on any atom is -0.455 e. The smallest absolute Gasteiger partial charge is 0.147 e. The second-order valence-electron chi connectivity index (χ2n) is 3.65.